The number of carboxylic acids is 1. The number of hydrogen-bond donors (Lipinski definition) is 1. The number of aromatic nitrogens is 3. The number of rotatable bonds is 4. The first-order valence-electron chi connectivity index (χ1n) is 7.61. The lowest BCUT2D eigenvalue weighted by molar-refractivity contribution is -0.145. The molecule has 3 heterocycles. The third-order valence-corrected chi connectivity index (χ3v) is 4.15. The lowest BCUT2D eigenvalue weighted by Gasteiger charge is -2.30. The summed E-state index contributed by atoms with van der Waals surface area (Å²) < 4.78 is 2.69. The van der Waals surface area contributed by atoms with E-state index in [1.54, 1.807) is 29.3 Å². The molecule has 0 spiro atoms. The van der Waals surface area contributed by atoms with Crippen LogP contribution in [0.5, 0.6) is 0 Å². The number of hydrogen-bond acceptors (Lipinski definition) is 4. The number of carbonyl (C=O) groups excluding carboxylic acids is 1. The van der Waals surface area contributed by atoms with Gasteiger partial charge in [-0.1, -0.05) is 6.07 Å². The van der Waals surface area contributed by atoms with Crippen molar-refractivity contribution in [3.8, 4) is 0 Å². The highest BCUT2D eigenvalue weighted by atomic mass is 16.4. The molecule has 0 radical (unpaired) electrons. The minimum atomic E-state index is -0.862. The Morgan fingerprint density at radius 2 is 2.17 bits per heavy atom. The molecule has 1 atom stereocenters. The molecule has 23 heavy (non-hydrogen) atoms. The quantitative estimate of drug-likeness (QED) is 0.869. The van der Waals surface area contributed by atoms with Crippen molar-refractivity contribution in [1.29, 1.82) is 0 Å². The van der Waals surface area contributed by atoms with Crippen LogP contribution in [0.3, 0.4) is 0 Å². The average Bonchev–Trinajstić information content (AvgIpc) is 2.89. The van der Waals surface area contributed by atoms with Crippen LogP contribution in [0, 0.1) is 5.92 Å². The Balaban J connectivity index is 1.65. The second-order valence-electron chi connectivity index (χ2n) is 5.70. The van der Waals surface area contributed by atoms with Crippen LogP contribution >= 0.6 is 0 Å². The van der Waals surface area contributed by atoms with Crippen LogP contribution in [-0.2, 0) is 16.1 Å². The van der Waals surface area contributed by atoms with Gasteiger partial charge in [0.05, 0.1) is 12.5 Å². The van der Waals surface area contributed by atoms with E-state index in [1.165, 1.54) is 9.08 Å². The minimum absolute atomic E-state index is 0.135. The van der Waals surface area contributed by atoms with E-state index in [0.29, 0.717) is 25.0 Å². The monoisotopic (exact) mass is 318 g/mol. The normalized spacial score (nSPS) is 18.3. The van der Waals surface area contributed by atoms with E-state index in [0.717, 1.165) is 0 Å². The molecule has 0 aliphatic carbocycles. The van der Waals surface area contributed by atoms with Gasteiger partial charge in [0.25, 0.3) is 0 Å². The number of piperidine rings is 1. The first kappa shape index (κ1) is 15.3. The standard InChI is InChI=1S/C15H18N4O4/c20-13(17-7-3-4-11(10-17)14(21)22)6-9-19-15(23)18-8-2-1-5-12(18)16-19/h1-2,5,8,11H,3-4,6-7,9-10H2,(H,21,22)/t11-/m0/s1. The van der Waals surface area contributed by atoms with Crippen LogP contribution < -0.4 is 5.69 Å². The van der Waals surface area contributed by atoms with Gasteiger partial charge in [-0.15, -0.1) is 5.10 Å². The number of nitrogens with zero attached hydrogens (tertiary/aromatic N) is 4. The van der Waals surface area contributed by atoms with Crippen LogP contribution in [-0.4, -0.2) is 49.2 Å². The summed E-state index contributed by atoms with van der Waals surface area (Å²) in [5.74, 6) is -1.50. The Morgan fingerprint density at radius 3 is 2.91 bits per heavy atom. The van der Waals surface area contributed by atoms with Gasteiger partial charge in [-0.05, 0) is 25.0 Å². The molecule has 122 valence electrons. The molecule has 1 amide bonds. The van der Waals surface area contributed by atoms with E-state index >= 15 is 0 Å². The second-order valence-corrected chi connectivity index (χ2v) is 5.70. The van der Waals surface area contributed by atoms with E-state index in [4.69, 9.17) is 5.11 Å². The fraction of sp³-hybridized carbons (Fsp3) is 0.467. The second kappa shape index (κ2) is 6.23. The van der Waals surface area contributed by atoms with Gasteiger partial charge in [-0.3, -0.25) is 14.0 Å². The number of aryl methyl sites for hydroxylation is 1. The molecule has 8 heteroatoms. The average molecular weight is 318 g/mol. The number of amides is 1. The largest absolute Gasteiger partial charge is 0.481 e. The summed E-state index contributed by atoms with van der Waals surface area (Å²) in [4.78, 5) is 37.0. The van der Waals surface area contributed by atoms with Crippen molar-refractivity contribution in [2.75, 3.05) is 13.1 Å². The summed E-state index contributed by atoms with van der Waals surface area (Å²) in [6.45, 7) is 1.00. The number of aliphatic carboxylic acids is 1. The van der Waals surface area contributed by atoms with Gasteiger partial charge in [0.15, 0.2) is 5.65 Å². The van der Waals surface area contributed by atoms with Gasteiger partial charge >= 0.3 is 11.7 Å². The minimum Gasteiger partial charge on any atom is -0.481 e. The molecule has 1 fully saturated rings. The van der Waals surface area contributed by atoms with Crippen molar-refractivity contribution < 1.29 is 14.7 Å². The van der Waals surface area contributed by atoms with E-state index < -0.39 is 11.9 Å². The van der Waals surface area contributed by atoms with Crippen LogP contribution in [0.2, 0.25) is 0 Å². The first-order chi connectivity index (χ1) is 11.1. The lowest BCUT2D eigenvalue weighted by Crippen LogP contribution is -2.42. The topological polar surface area (TPSA) is 96.9 Å². The molecule has 1 N–H and O–H groups in total. The Morgan fingerprint density at radius 1 is 1.35 bits per heavy atom. The Labute approximate surface area is 131 Å². The SMILES string of the molecule is O=C(O)[C@H]1CCCN(C(=O)CCn2nc3ccccn3c2=O)C1. The lowest BCUT2D eigenvalue weighted by atomic mass is 9.98. The van der Waals surface area contributed by atoms with E-state index in [9.17, 15) is 14.4 Å². The van der Waals surface area contributed by atoms with Crippen molar-refractivity contribution in [1.82, 2.24) is 19.1 Å². The van der Waals surface area contributed by atoms with Crippen molar-refractivity contribution >= 4 is 17.5 Å². The van der Waals surface area contributed by atoms with E-state index in [2.05, 4.69) is 5.10 Å². The van der Waals surface area contributed by atoms with Crippen LogP contribution in [0.25, 0.3) is 5.65 Å². The van der Waals surface area contributed by atoms with Crippen LogP contribution in [0.15, 0.2) is 29.2 Å². The van der Waals surface area contributed by atoms with Crippen molar-refractivity contribution in [3.63, 3.8) is 0 Å². The van der Waals surface area contributed by atoms with Crippen molar-refractivity contribution in [2.45, 2.75) is 25.8 Å². The maximum atomic E-state index is 12.2. The number of carboxylic acid groups (broad SMARTS) is 1. The zero-order chi connectivity index (χ0) is 16.4. The highest BCUT2D eigenvalue weighted by Gasteiger charge is 2.27. The van der Waals surface area contributed by atoms with Crippen LogP contribution in [0.4, 0.5) is 0 Å². The fourth-order valence-corrected chi connectivity index (χ4v) is 2.88. The number of fused-ring (bicyclic) bond motifs is 1. The van der Waals surface area contributed by atoms with E-state index in [1.807, 2.05) is 0 Å². The molecular formula is C15H18N4O4. The molecule has 0 bridgehead atoms. The van der Waals surface area contributed by atoms with E-state index in [-0.39, 0.29) is 31.1 Å². The molecule has 2 aromatic rings. The number of likely N-dealkylation sites (tertiary alicyclic amines) is 1. The molecule has 0 saturated carbocycles. The molecule has 2 aromatic heterocycles. The zero-order valence-electron chi connectivity index (χ0n) is 12.6. The maximum absolute atomic E-state index is 12.2. The number of carbonyl (C=O) groups is 2. The first-order valence-corrected chi connectivity index (χ1v) is 7.61. The molecule has 8 nitrogen and oxygen atoms in total. The van der Waals surface area contributed by atoms with Gasteiger partial charge in [0.2, 0.25) is 5.91 Å². The van der Waals surface area contributed by atoms with Gasteiger partial charge in [0.1, 0.15) is 0 Å². The summed E-state index contributed by atoms with van der Waals surface area (Å²) in [5, 5.41) is 13.2. The van der Waals surface area contributed by atoms with Gasteiger partial charge in [-0.2, -0.15) is 0 Å². The predicted molar refractivity (Wildman–Crippen MR) is 81.0 cm³/mol. The zero-order valence-corrected chi connectivity index (χ0v) is 12.6. The third kappa shape index (κ3) is 3.10. The Kier molecular flexibility index (Phi) is 4.14. The fourth-order valence-electron chi connectivity index (χ4n) is 2.88. The third-order valence-electron chi connectivity index (χ3n) is 4.15. The predicted octanol–water partition coefficient (Wildman–Crippen LogP) is 0.209. The highest BCUT2D eigenvalue weighted by Crippen LogP contribution is 2.17. The maximum Gasteiger partial charge on any atom is 0.350 e. The van der Waals surface area contributed by atoms with Gasteiger partial charge in [0, 0.05) is 25.7 Å². The number of pyridine rings is 1. The Bertz CT molecular complexity index is 794. The van der Waals surface area contributed by atoms with Gasteiger partial charge in [-0.25, -0.2) is 9.48 Å². The molecule has 1 aliphatic rings. The highest BCUT2D eigenvalue weighted by molar-refractivity contribution is 5.78. The summed E-state index contributed by atoms with van der Waals surface area (Å²) in [7, 11) is 0. The molecule has 1 saturated heterocycles. The van der Waals surface area contributed by atoms with Crippen molar-refractivity contribution in [3.05, 3.63) is 34.9 Å². The van der Waals surface area contributed by atoms with Crippen molar-refractivity contribution in [2.24, 2.45) is 5.92 Å². The Hall–Kier alpha value is -2.64. The smallest absolute Gasteiger partial charge is 0.350 e. The summed E-state index contributed by atoms with van der Waals surface area (Å²) in [5.41, 5.74) is 0.254. The molecule has 0 unspecified atom stereocenters. The van der Waals surface area contributed by atoms with Crippen LogP contribution in [0.1, 0.15) is 19.3 Å². The molecule has 1 aliphatic heterocycles. The van der Waals surface area contributed by atoms with Gasteiger partial charge < -0.3 is 10.0 Å². The molecular weight excluding hydrogens is 300 g/mol. The summed E-state index contributed by atoms with van der Waals surface area (Å²) in [6, 6.07) is 5.25. The summed E-state index contributed by atoms with van der Waals surface area (Å²) >= 11 is 0. The summed E-state index contributed by atoms with van der Waals surface area (Å²) in [6.07, 6.45) is 3.06. The molecule has 3 rings (SSSR count). The molecule has 0 aromatic carbocycles.